The second kappa shape index (κ2) is 9.72. The molecule has 2 aromatic heterocycles. The maximum Gasteiger partial charge on any atom is 0.271 e. The molecule has 0 bridgehead atoms. The van der Waals surface area contributed by atoms with E-state index >= 15 is 0 Å². The van der Waals surface area contributed by atoms with Gasteiger partial charge in [0.15, 0.2) is 0 Å². The molecule has 0 aliphatic carbocycles. The molecule has 32 heavy (non-hydrogen) atoms. The Bertz CT molecular complexity index is 1260. The molecule has 2 aromatic carbocycles. The fourth-order valence-electron chi connectivity index (χ4n) is 3.25. The smallest absolute Gasteiger partial charge is 0.271 e. The second-order valence-corrected chi connectivity index (χ2v) is 8.35. The van der Waals surface area contributed by atoms with E-state index in [9.17, 15) is 9.90 Å². The number of thiazole rings is 1. The first-order valence-electron chi connectivity index (χ1n) is 9.79. The number of para-hydroxylation sites is 1. The van der Waals surface area contributed by atoms with Crippen LogP contribution in [0.3, 0.4) is 0 Å². The SMILES string of the molecule is N=C(CC(NC(=O)c1csc(-c2cccc(Cl)c2)n1)c1ccccc1O)c1cccnc1. The number of nitrogens with one attached hydrogen (secondary N) is 2. The summed E-state index contributed by atoms with van der Waals surface area (Å²) >= 11 is 7.41. The number of hydrogen-bond acceptors (Lipinski definition) is 6. The van der Waals surface area contributed by atoms with Gasteiger partial charge in [-0.2, -0.15) is 0 Å². The van der Waals surface area contributed by atoms with Crippen molar-refractivity contribution in [1.29, 1.82) is 5.41 Å². The normalized spacial score (nSPS) is 11.7. The van der Waals surface area contributed by atoms with Gasteiger partial charge in [0.2, 0.25) is 0 Å². The number of carbonyl (C=O) groups excluding carboxylic acids is 1. The summed E-state index contributed by atoms with van der Waals surface area (Å²) in [5, 5.41) is 24.7. The van der Waals surface area contributed by atoms with Gasteiger partial charge in [0.1, 0.15) is 16.5 Å². The third-order valence-corrected chi connectivity index (χ3v) is 5.97. The average Bonchev–Trinajstić information content (AvgIpc) is 3.30. The highest BCUT2D eigenvalue weighted by Gasteiger charge is 2.22. The molecule has 0 saturated carbocycles. The van der Waals surface area contributed by atoms with E-state index in [1.807, 2.05) is 12.1 Å². The first-order valence-corrected chi connectivity index (χ1v) is 11.0. The van der Waals surface area contributed by atoms with Crippen molar-refractivity contribution in [2.24, 2.45) is 0 Å². The zero-order valence-corrected chi connectivity index (χ0v) is 18.4. The zero-order valence-electron chi connectivity index (χ0n) is 16.8. The van der Waals surface area contributed by atoms with Crippen molar-refractivity contribution in [3.05, 3.63) is 100 Å². The van der Waals surface area contributed by atoms with Crippen molar-refractivity contribution >= 4 is 34.6 Å². The first-order chi connectivity index (χ1) is 15.5. The lowest BCUT2D eigenvalue weighted by atomic mass is 9.97. The van der Waals surface area contributed by atoms with Crippen LogP contribution in [0.4, 0.5) is 0 Å². The molecule has 6 nitrogen and oxygen atoms in total. The predicted molar refractivity (Wildman–Crippen MR) is 127 cm³/mol. The zero-order chi connectivity index (χ0) is 22.5. The monoisotopic (exact) mass is 462 g/mol. The minimum atomic E-state index is -0.618. The van der Waals surface area contributed by atoms with E-state index in [2.05, 4.69) is 15.3 Å². The van der Waals surface area contributed by atoms with Crippen molar-refractivity contribution in [3.8, 4) is 16.3 Å². The Kier molecular flexibility index (Phi) is 6.58. The maximum absolute atomic E-state index is 13.0. The fourth-order valence-corrected chi connectivity index (χ4v) is 4.24. The molecule has 160 valence electrons. The third kappa shape index (κ3) is 5.01. The van der Waals surface area contributed by atoms with Gasteiger partial charge in [-0.1, -0.05) is 48.0 Å². The van der Waals surface area contributed by atoms with Crippen LogP contribution in [0.2, 0.25) is 5.02 Å². The van der Waals surface area contributed by atoms with Gasteiger partial charge in [-0.05, 0) is 24.3 Å². The second-order valence-electron chi connectivity index (χ2n) is 7.06. The third-order valence-electron chi connectivity index (χ3n) is 4.84. The average molecular weight is 463 g/mol. The quantitative estimate of drug-likeness (QED) is 0.316. The van der Waals surface area contributed by atoms with Crippen LogP contribution in [0.25, 0.3) is 10.6 Å². The Labute approximate surface area is 194 Å². The largest absolute Gasteiger partial charge is 0.508 e. The van der Waals surface area contributed by atoms with Gasteiger partial charge < -0.3 is 15.8 Å². The van der Waals surface area contributed by atoms with E-state index < -0.39 is 6.04 Å². The van der Waals surface area contributed by atoms with E-state index in [0.29, 0.717) is 26.9 Å². The number of phenols is 1. The summed E-state index contributed by atoms with van der Waals surface area (Å²) in [6.45, 7) is 0. The molecule has 4 rings (SSSR count). The van der Waals surface area contributed by atoms with Crippen molar-refractivity contribution in [2.45, 2.75) is 12.5 Å². The molecule has 0 aliphatic heterocycles. The van der Waals surface area contributed by atoms with Gasteiger partial charge in [0, 0.05) is 51.6 Å². The van der Waals surface area contributed by atoms with Crippen molar-refractivity contribution in [3.63, 3.8) is 0 Å². The number of pyridine rings is 1. The molecule has 3 N–H and O–H groups in total. The summed E-state index contributed by atoms with van der Waals surface area (Å²) in [5.41, 5.74) is 2.57. The van der Waals surface area contributed by atoms with Crippen LogP contribution < -0.4 is 5.32 Å². The highest BCUT2D eigenvalue weighted by molar-refractivity contribution is 7.13. The number of phenolic OH excluding ortho intramolecular Hbond substituents is 1. The maximum atomic E-state index is 13.0. The Morgan fingerprint density at radius 1 is 1.16 bits per heavy atom. The molecule has 0 radical (unpaired) electrons. The van der Waals surface area contributed by atoms with Crippen LogP contribution in [0.1, 0.15) is 34.1 Å². The highest BCUT2D eigenvalue weighted by atomic mass is 35.5. The molecule has 0 spiro atoms. The number of nitrogens with zero attached hydrogens (tertiary/aromatic N) is 2. The fraction of sp³-hybridized carbons (Fsp3) is 0.0833. The Morgan fingerprint density at radius 2 is 2.00 bits per heavy atom. The van der Waals surface area contributed by atoms with Crippen molar-refractivity contribution in [1.82, 2.24) is 15.3 Å². The number of rotatable bonds is 7. The highest BCUT2D eigenvalue weighted by Crippen LogP contribution is 2.29. The van der Waals surface area contributed by atoms with Crippen LogP contribution in [0.5, 0.6) is 5.75 Å². The number of halogens is 1. The minimum Gasteiger partial charge on any atom is -0.508 e. The number of aromatic hydroxyl groups is 1. The topological polar surface area (TPSA) is 99.0 Å². The summed E-state index contributed by atoms with van der Waals surface area (Å²) in [6, 6.07) is 17.0. The van der Waals surface area contributed by atoms with Gasteiger partial charge in [0.05, 0.1) is 6.04 Å². The van der Waals surface area contributed by atoms with Gasteiger partial charge >= 0.3 is 0 Å². The number of aromatic nitrogens is 2. The van der Waals surface area contributed by atoms with Crippen LogP contribution >= 0.6 is 22.9 Å². The van der Waals surface area contributed by atoms with Gasteiger partial charge in [-0.25, -0.2) is 4.98 Å². The first kappa shape index (κ1) is 21.7. The summed E-state index contributed by atoms with van der Waals surface area (Å²) < 4.78 is 0. The molecule has 0 saturated heterocycles. The van der Waals surface area contributed by atoms with Crippen LogP contribution in [0.15, 0.2) is 78.4 Å². The number of benzene rings is 2. The van der Waals surface area contributed by atoms with E-state index in [-0.39, 0.29) is 23.8 Å². The molecular weight excluding hydrogens is 444 g/mol. The molecule has 0 aliphatic rings. The van der Waals surface area contributed by atoms with Gasteiger partial charge in [-0.3, -0.25) is 9.78 Å². The number of hydrogen-bond donors (Lipinski definition) is 3. The number of carbonyl (C=O) groups is 1. The molecule has 1 amide bonds. The van der Waals surface area contributed by atoms with Crippen LogP contribution in [-0.4, -0.2) is 26.7 Å². The van der Waals surface area contributed by atoms with E-state index in [1.54, 1.807) is 66.3 Å². The Morgan fingerprint density at radius 3 is 2.75 bits per heavy atom. The Balaban J connectivity index is 1.58. The molecule has 8 heteroatoms. The van der Waals surface area contributed by atoms with Crippen molar-refractivity contribution in [2.75, 3.05) is 0 Å². The minimum absolute atomic E-state index is 0.0506. The van der Waals surface area contributed by atoms with Gasteiger partial charge in [-0.15, -0.1) is 11.3 Å². The standard InChI is InChI=1S/C24H19ClN4O2S/c25-17-7-3-5-15(11-17)24-29-21(14-32-24)23(31)28-20(18-8-1-2-9-22(18)30)12-19(26)16-6-4-10-27-13-16/h1-11,13-14,20,26,30H,12H2,(H,28,31). The molecule has 1 atom stereocenters. The lowest BCUT2D eigenvalue weighted by Crippen LogP contribution is -2.30. The van der Waals surface area contributed by atoms with E-state index in [1.165, 1.54) is 11.3 Å². The van der Waals surface area contributed by atoms with Crippen LogP contribution in [-0.2, 0) is 0 Å². The van der Waals surface area contributed by atoms with E-state index in [0.717, 1.165) is 5.56 Å². The summed E-state index contributed by atoms with van der Waals surface area (Å²) in [5.74, 6) is -0.337. The Hall–Kier alpha value is -3.55. The van der Waals surface area contributed by atoms with E-state index in [4.69, 9.17) is 17.0 Å². The van der Waals surface area contributed by atoms with Crippen molar-refractivity contribution < 1.29 is 9.90 Å². The summed E-state index contributed by atoms with van der Waals surface area (Å²) in [6.07, 6.45) is 3.42. The molecule has 2 heterocycles. The predicted octanol–water partition coefficient (Wildman–Crippen LogP) is 5.49. The summed E-state index contributed by atoms with van der Waals surface area (Å²) in [7, 11) is 0. The molecule has 1 unspecified atom stereocenters. The summed E-state index contributed by atoms with van der Waals surface area (Å²) in [4.78, 5) is 21.5. The molecule has 4 aromatic rings. The molecule has 0 fully saturated rings. The molecular formula is C24H19ClN4O2S. The number of amides is 1. The van der Waals surface area contributed by atoms with Crippen LogP contribution in [0, 0.1) is 5.41 Å². The lowest BCUT2D eigenvalue weighted by molar-refractivity contribution is 0.0933. The van der Waals surface area contributed by atoms with Gasteiger partial charge in [0.25, 0.3) is 5.91 Å². The lowest BCUT2D eigenvalue weighted by Gasteiger charge is -2.20.